The highest BCUT2D eigenvalue weighted by molar-refractivity contribution is 6.00. The molecular weight excluding hydrogens is 430 g/mol. The van der Waals surface area contributed by atoms with Crippen LogP contribution in [0.4, 0.5) is 0 Å². The van der Waals surface area contributed by atoms with Crippen molar-refractivity contribution in [2.75, 3.05) is 28.4 Å². The first-order valence-electron chi connectivity index (χ1n) is 11.4. The molecule has 176 valence electrons. The maximum atomic E-state index is 13.4. The minimum atomic E-state index is -0.00892. The van der Waals surface area contributed by atoms with Crippen molar-refractivity contribution in [3.05, 3.63) is 82.4 Å². The lowest BCUT2D eigenvalue weighted by atomic mass is 9.71. The van der Waals surface area contributed by atoms with Crippen LogP contribution in [0.3, 0.4) is 0 Å². The fourth-order valence-electron chi connectivity index (χ4n) is 5.46. The molecule has 0 aromatic heterocycles. The van der Waals surface area contributed by atoms with Crippen LogP contribution in [0, 0.1) is 0 Å². The van der Waals surface area contributed by atoms with E-state index < -0.39 is 0 Å². The van der Waals surface area contributed by atoms with Crippen molar-refractivity contribution in [1.29, 1.82) is 0 Å². The summed E-state index contributed by atoms with van der Waals surface area (Å²) < 4.78 is 22.3. The average molecular weight is 460 g/mol. The van der Waals surface area contributed by atoms with Crippen molar-refractivity contribution in [1.82, 2.24) is 4.90 Å². The lowest BCUT2D eigenvalue weighted by Crippen LogP contribution is -2.40. The van der Waals surface area contributed by atoms with E-state index >= 15 is 0 Å². The molecule has 5 rings (SSSR count). The second-order valence-electron chi connectivity index (χ2n) is 8.77. The minimum Gasteiger partial charge on any atom is -0.493 e. The Kier molecular flexibility index (Phi) is 5.92. The van der Waals surface area contributed by atoms with Gasteiger partial charge >= 0.3 is 0 Å². The van der Waals surface area contributed by atoms with Gasteiger partial charge < -0.3 is 18.9 Å². The molecule has 0 unspecified atom stereocenters. The minimum absolute atomic E-state index is 0.00892. The first-order chi connectivity index (χ1) is 16.6. The third-order valence-corrected chi connectivity index (χ3v) is 7.00. The Balaban J connectivity index is 1.69. The smallest absolute Gasteiger partial charge is 0.164 e. The van der Waals surface area contributed by atoms with E-state index in [0.717, 1.165) is 29.8 Å². The third-order valence-electron chi connectivity index (χ3n) is 7.00. The second-order valence-corrected chi connectivity index (χ2v) is 8.77. The van der Waals surface area contributed by atoms with Gasteiger partial charge in [0, 0.05) is 37.0 Å². The van der Waals surface area contributed by atoms with Gasteiger partial charge in [0.25, 0.3) is 0 Å². The van der Waals surface area contributed by atoms with Crippen LogP contribution in [0.2, 0.25) is 0 Å². The fraction of sp³-hybridized carbons (Fsp3) is 0.321. The molecule has 34 heavy (non-hydrogen) atoms. The molecule has 0 N–H and O–H groups in total. The Morgan fingerprint density at radius 3 is 2.03 bits per heavy atom. The van der Waals surface area contributed by atoms with Crippen molar-refractivity contribution >= 4 is 5.78 Å². The van der Waals surface area contributed by atoms with E-state index in [0.29, 0.717) is 35.0 Å². The Bertz CT molecular complexity index is 1220. The molecular formula is C28H29NO5. The van der Waals surface area contributed by atoms with Gasteiger partial charge in [-0.05, 0) is 46.5 Å². The van der Waals surface area contributed by atoms with E-state index in [4.69, 9.17) is 18.9 Å². The van der Waals surface area contributed by atoms with E-state index in [9.17, 15) is 4.79 Å². The lowest BCUT2D eigenvalue weighted by Gasteiger charge is -2.46. The molecule has 2 atom stereocenters. The third kappa shape index (κ3) is 3.68. The molecule has 0 radical (unpaired) electrons. The maximum absolute atomic E-state index is 13.4. The summed E-state index contributed by atoms with van der Waals surface area (Å²) in [5.74, 6) is 2.69. The van der Waals surface area contributed by atoms with Gasteiger partial charge in [0.2, 0.25) is 0 Å². The molecule has 6 heteroatoms. The molecule has 0 spiro atoms. The lowest BCUT2D eigenvalue weighted by molar-refractivity contribution is 0.0847. The van der Waals surface area contributed by atoms with Gasteiger partial charge in [-0.3, -0.25) is 9.69 Å². The zero-order chi connectivity index (χ0) is 23.8. The predicted molar refractivity (Wildman–Crippen MR) is 129 cm³/mol. The summed E-state index contributed by atoms with van der Waals surface area (Å²) in [5.41, 5.74) is 5.22. The first kappa shape index (κ1) is 22.3. The van der Waals surface area contributed by atoms with Crippen LogP contribution in [-0.2, 0) is 13.1 Å². The van der Waals surface area contributed by atoms with E-state index in [-0.39, 0.29) is 17.7 Å². The van der Waals surface area contributed by atoms with E-state index in [1.54, 1.807) is 28.4 Å². The maximum Gasteiger partial charge on any atom is 0.164 e. The van der Waals surface area contributed by atoms with Crippen molar-refractivity contribution in [2.45, 2.75) is 31.5 Å². The van der Waals surface area contributed by atoms with Gasteiger partial charge in [-0.2, -0.15) is 0 Å². The number of fused-ring (bicyclic) bond motifs is 5. The summed E-state index contributed by atoms with van der Waals surface area (Å²) in [6, 6.07) is 18.4. The molecule has 3 aromatic carbocycles. The number of rotatable bonds is 6. The zero-order valence-electron chi connectivity index (χ0n) is 20.0. The van der Waals surface area contributed by atoms with Crippen molar-refractivity contribution in [3.63, 3.8) is 0 Å². The molecule has 0 saturated carbocycles. The SMILES string of the molecule is COc1cc2c(cc1OC)[C@H]1CC(=O)c3cc(OC)c(OC)cc3[C@@H]1N(Cc1ccccc1)C2. The Hall–Kier alpha value is -3.51. The number of ketones is 1. The number of nitrogens with zero attached hydrogens (tertiary/aromatic N) is 1. The Morgan fingerprint density at radius 2 is 1.38 bits per heavy atom. The molecule has 1 aliphatic carbocycles. The van der Waals surface area contributed by atoms with Gasteiger partial charge in [0.1, 0.15) is 0 Å². The molecule has 3 aromatic rings. The fourth-order valence-corrected chi connectivity index (χ4v) is 5.46. The molecule has 0 bridgehead atoms. The summed E-state index contributed by atoms with van der Waals surface area (Å²) in [5, 5.41) is 0. The van der Waals surface area contributed by atoms with E-state index in [1.165, 1.54) is 5.56 Å². The van der Waals surface area contributed by atoms with Crippen LogP contribution in [0.5, 0.6) is 23.0 Å². The molecule has 0 amide bonds. The summed E-state index contributed by atoms with van der Waals surface area (Å²) >= 11 is 0. The van der Waals surface area contributed by atoms with E-state index in [2.05, 4.69) is 35.2 Å². The quantitative estimate of drug-likeness (QED) is 0.508. The standard InChI is InChI=1S/C28H29NO5/c1-31-24-10-18-16-29(15-17-8-6-5-7-9-17)28-21(19(18)12-25(24)32-2)11-23(30)20-13-26(33-3)27(34-4)14-22(20)28/h5-10,12-14,21,28H,11,15-16H2,1-4H3/t21-,28-/m1/s1. The summed E-state index contributed by atoms with van der Waals surface area (Å²) in [6.07, 6.45) is 0.418. The van der Waals surface area contributed by atoms with Gasteiger partial charge in [0.15, 0.2) is 28.8 Å². The number of hydrogen-bond donors (Lipinski definition) is 0. The van der Waals surface area contributed by atoms with Gasteiger partial charge in [-0.15, -0.1) is 0 Å². The largest absolute Gasteiger partial charge is 0.493 e. The number of carbonyl (C=O) groups is 1. The molecule has 6 nitrogen and oxygen atoms in total. The summed E-state index contributed by atoms with van der Waals surface area (Å²) in [4.78, 5) is 15.8. The van der Waals surface area contributed by atoms with Gasteiger partial charge in [-0.25, -0.2) is 0 Å². The normalized spacial score (nSPS) is 19.0. The number of hydrogen-bond acceptors (Lipinski definition) is 6. The van der Waals surface area contributed by atoms with Crippen molar-refractivity contribution < 1.29 is 23.7 Å². The monoisotopic (exact) mass is 459 g/mol. The summed E-state index contributed by atoms with van der Waals surface area (Å²) in [7, 11) is 6.52. The van der Waals surface area contributed by atoms with Crippen molar-refractivity contribution in [2.24, 2.45) is 0 Å². The molecule has 0 saturated heterocycles. The number of methoxy groups -OCH3 is 4. The van der Waals surface area contributed by atoms with Crippen LogP contribution >= 0.6 is 0 Å². The number of carbonyl (C=O) groups excluding carboxylic acids is 1. The Morgan fingerprint density at radius 1 is 0.794 bits per heavy atom. The zero-order valence-corrected chi connectivity index (χ0v) is 20.0. The van der Waals surface area contributed by atoms with Crippen LogP contribution in [0.25, 0.3) is 0 Å². The number of benzene rings is 3. The van der Waals surface area contributed by atoms with Gasteiger partial charge in [-0.1, -0.05) is 30.3 Å². The highest BCUT2D eigenvalue weighted by atomic mass is 16.5. The van der Waals surface area contributed by atoms with Crippen molar-refractivity contribution in [3.8, 4) is 23.0 Å². The topological polar surface area (TPSA) is 57.2 Å². The molecule has 1 heterocycles. The summed E-state index contributed by atoms with van der Waals surface area (Å²) in [6.45, 7) is 1.49. The second kappa shape index (κ2) is 9.03. The van der Waals surface area contributed by atoms with Crippen LogP contribution in [-0.4, -0.2) is 39.1 Å². The molecule has 1 aliphatic heterocycles. The predicted octanol–water partition coefficient (Wildman–Crippen LogP) is 5.15. The number of ether oxygens (including phenoxy) is 4. The van der Waals surface area contributed by atoms with Crippen LogP contribution in [0.1, 0.15) is 51.0 Å². The molecule has 0 fully saturated rings. The first-order valence-corrected chi connectivity index (χ1v) is 11.4. The highest BCUT2D eigenvalue weighted by Gasteiger charge is 2.43. The molecule has 2 aliphatic rings. The average Bonchev–Trinajstić information content (AvgIpc) is 2.87. The van der Waals surface area contributed by atoms with E-state index in [1.807, 2.05) is 24.3 Å². The van der Waals surface area contributed by atoms with Gasteiger partial charge in [0.05, 0.1) is 28.4 Å². The van der Waals surface area contributed by atoms with Crippen LogP contribution < -0.4 is 18.9 Å². The number of Topliss-reactive ketones (excluding diaryl/α,β-unsaturated/α-hetero) is 1. The Labute approximate surface area is 200 Å². The van der Waals surface area contributed by atoms with Crippen LogP contribution in [0.15, 0.2) is 54.6 Å². The highest BCUT2D eigenvalue weighted by Crippen LogP contribution is 2.52.